The van der Waals surface area contributed by atoms with Crippen molar-refractivity contribution in [2.24, 2.45) is 5.92 Å². The van der Waals surface area contributed by atoms with E-state index in [1.54, 1.807) is 0 Å². The summed E-state index contributed by atoms with van der Waals surface area (Å²) in [5.74, 6) is 0.968. The maximum atomic E-state index is 3.61. The minimum absolute atomic E-state index is 0.635. The van der Waals surface area contributed by atoms with Crippen LogP contribution in [0.3, 0.4) is 0 Å². The van der Waals surface area contributed by atoms with Gasteiger partial charge in [-0.15, -0.1) is 0 Å². The molecule has 0 aromatic rings. The zero-order valence-corrected chi connectivity index (χ0v) is 9.97. The van der Waals surface area contributed by atoms with Gasteiger partial charge in [-0.3, -0.25) is 0 Å². The summed E-state index contributed by atoms with van der Waals surface area (Å²) in [6.07, 6.45) is 5.40. The number of hydrogen-bond donors (Lipinski definition) is 2. The monoisotopic (exact) mass is 198 g/mol. The number of nitrogens with one attached hydrogen (secondary N) is 2. The van der Waals surface area contributed by atoms with Gasteiger partial charge in [0.05, 0.1) is 0 Å². The van der Waals surface area contributed by atoms with E-state index in [4.69, 9.17) is 0 Å². The van der Waals surface area contributed by atoms with Crippen LogP contribution in [0.5, 0.6) is 0 Å². The van der Waals surface area contributed by atoms with E-state index in [2.05, 4.69) is 31.4 Å². The Labute approximate surface area is 88.8 Å². The quantitative estimate of drug-likeness (QED) is 0.613. The minimum Gasteiger partial charge on any atom is -0.315 e. The van der Waals surface area contributed by atoms with E-state index < -0.39 is 0 Å². The van der Waals surface area contributed by atoms with Crippen LogP contribution in [0.25, 0.3) is 0 Å². The Balaban J connectivity index is 1.76. The van der Waals surface area contributed by atoms with Crippen LogP contribution in [0.4, 0.5) is 0 Å². The first-order valence-corrected chi connectivity index (χ1v) is 6.15. The molecule has 1 fully saturated rings. The van der Waals surface area contributed by atoms with Gasteiger partial charge in [0.25, 0.3) is 0 Å². The average Bonchev–Trinajstić information content (AvgIpc) is 2.07. The number of unbranched alkanes of at least 4 members (excludes halogenated alkanes) is 1. The standard InChI is InChI=1S/C12H26N2/c1-10(2)13-6-4-5-7-14-12-8-11(3)9-12/h10-14H,4-9H2,1-3H3. The molecule has 1 rings (SSSR count). The second-order valence-electron chi connectivity index (χ2n) is 5.04. The lowest BCUT2D eigenvalue weighted by Gasteiger charge is -2.33. The zero-order chi connectivity index (χ0) is 10.4. The Bertz CT molecular complexity index is 139. The lowest BCUT2D eigenvalue weighted by atomic mass is 9.82. The molecule has 0 radical (unpaired) electrons. The lowest BCUT2D eigenvalue weighted by Crippen LogP contribution is -2.40. The van der Waals surface area contributed by atoms with Gasteiger partial charge in [0.15, 0.2) is 0 Å². The Morgan fingerprint density at radius 3 is 2.36 bits per heavy atom. The van der Waals surface area contributed by atoms with Gasteiger partial charge >= 0.3 is 0 Å². The van der Waals surface area contributed by atoms with Crippen molar-refractivity contribution >= 4 is 0 Å². The van der Waals surface area contributed by atoms with E-state index in [0.717, 1.165) is 12.0 Å². The van der Waals surface area contributed by atoms with E-state index >= 15 is 0 Å². The zero-order valence-electron chi connectivity index (χ0n) is 9.97. The first-order chi connectivity index (χ1) is 6.68. The van der Waals surface area contributed by atoms with Crippen LogP contribution < -0.4 is 10.6 Å². The van der Waals surface area contributed by atoms with Crippen molar-refractivity contribution in [2.45, 2.75) is 58.5 Å². The smallest absolute Gasteiger partial charge is 0.00721 e. The van der Waals surface area contributed by atoms with E-state index in [1.807, 2.05) is 0 Å². The predicted octanol–water partition coefficient (Wildman–Crippen LogP) is 2.15. The average molecular weight is 198 g/mol. The highest BCUT2D eigenvalue weighted by Crippen LogP contribution is 2.25. The first-order valence-electron chi connectivity index (χ1n) is 6.15. The molecule has 0 heterocycles. The largest absolute Gasteiger partial charge is 0.315 e. The minimum atomic E-state index is 0.635. The molecule has 14 heavy (non-hydrogen) atoms. The molecule has 1 aliphatic rings. The molecule has 0 spiro atoms. The summed E-state index contributed by atoms with van der Waals surface area (Å²) < 4.78 is 0. The highest BCUT2D eigenvalue weighted by atomic mass is 14.9. The van der Waals surface area contributed by atoms with Crippen LogP contribution in [0.2, 0.25) is 0 Å². The van der Waals surface area contributed by atoms with Crippen molar-refractivity contribution in [1.29, 1.82) is 0 Å². The summed E-state index contributed by atoms with van der Waals surface area (Å²) in [6, 6.07) is 1.47. The summed E-state index contributed by atoms with van der Waals surface area (Å²) in [6.45, 7) is 9.12. The molecular weight excluding hydrogens is 172 g/mol. The second-order valence-corrected chi connectivity index (χ2v) is 5.04. The van der Waals surface area contributed by atoms with Gasteiger partial charge in [0.2, 0.25) is 0 Å². The molecule has 0 atom stereocenters. The summed E-state index contributed by atoms with van der Waals surface area (Å²) in [7, 11) is 0. The maximum absolute atomic E-state index is 3.61. The van der Waals surface area contributed by atoms with Crippen LogP contribution in [-0.2, 0) is 0 Å². The van der Waals surface area contributed by atoms with Crippen molar-refractivity contribution in [3.05, 3.63) is 0 Å². The molecule has 2 heteroatoms. The first kappa shape index (κ1) is 12.0. The van der Waals surface area contributed by atoms with Crippen LogP contribution in [0.15, 0.2) is 0 Å². The molecule has 2 nitrogen and oxygen atoms in total. The van der Waals surface area contributed by atoms with E-state index in [-0.39, 0.29) is 0 Å². The third-order valence-electron chi connectivity index (χ3n) is 2.96. The third-order valence-corrected chi connectivity index (χ3v) is 2.96. The number of hydrogen-bond acceptors (Lipinski definition) is 2. The second kappa shape index (κ2) is 6.41. The van der Waals surface area contributed by atoms with E-state index in [0.29, 0.717) is 6.04 Å². The normalized spacial score (nSPS) is 26.6. The summed E-state index contributed by atoms with van der Waals surface area (Å²) in [4.78, 5) is 0. The van der Waals surface area contributed by atoms with Gasteiger partial charge in [-0.25, -0.2) is 0 Å². The van der Waals surface area contributed by atoms with Gasteiger partial charge in [-0.2, -0.15) is 0 Å². The van der Waals surface area contributed by atoms with Gasteiger partial charge in [-0.1, -0.05) is 20.8 Å². The fraction of sp³-hybridized carbons (Fsp3) is 1.00. The molecule has 0 saturated heterocycles. The summed E-state index contributed by atoms with van der Waals surface area (Å²) in [5, 5.41) is 7.05. The van der Waals surface area contributed by atoms with Gasteiger partial charge < -0.3 is 10.6 Å². The molecule has 2 N–H and O–H groups in total. The molecule has 0 unspecified atom stereocenters. The molecule has 0 bridgehead atoms. The third kappa shape index (κ3) is 4.97. The SMILES string of the molecule is CC1CC(NCCCCNC(C)C)C1. The lowest BCUT2D eigenvalue weighted by molar-refractivity contribution is 0.241. The number of rotatable bonds is 7. The molecule has 0 aromatic heterocycles. The fourth-order valence-electron chi connectivity index (χ4n) is 2.02. The van der Waals surface area contributed by atoms with Crippen molar-refractivity contribution in [2.75, 3.05) is 13.1 Å². The molecule has 0 aliphatic heterocycles. The molecule has 84 valence electrons. The van der Waals surface area contributed by atoms with Crippen molar-refractivity contribution in [3.63, 3.8) is 0 Å². The summed E-state index contributed by atoms with van der Waals surface area (Å²) in [5.41, 5.74) is 0. The van der Waals surface area contributed by atoms with Crippen molar-refractivity contribution in [1.82, 2.24) is 10.6 Å². The van der Waals surface area contributed by atoms with Gasteiger partial charge in [0, 0.05) is 12.1 Å². The highest BCUT2D eigenvalue weighted by Gasteiger charge is 2.23. The molecule has 1 saturated carbocycles. The molecule has 0 amide bonds. The predicted molar refractivity (Wildman–Crippen MR) is 62.6 cm³/mol. The van der Waals surface area contributed by atoms with Crippen molar-refractivity contribution in [3.8, 4) is 0 Å². The maximum Gasteiger partial charge on any atom is 0.00721 e. The summed E-state index contributed by atoms with van der Waals surface area (Å²) >= 11 is 0. The Kier molecular flexibility index (Phi) is 5.49. The Morgan fingerprint density at radius 2 is 1.79 bits per heavy atom. The Hall–Kier alpha value is -0.0800. The van der Waals surface area contributed by atoms with Crippen LogP contribution in [0, 0.1) is 5.92 Å². The van der Waals surface area contributed by atoms with Crippen LogP contribution >= 0.6 is 0 Å². The fourth-order valence-corrected chi connectivity index (χ4v) is 2.02. The molecule has 0 aromatic carbocycles. The van der Waals surface area contributed by atoms with Crippen LogP contribution in [-0.4, -0.2) is 25.2 Å². The van der Waals surface area contributed by atoms with Gasteiger partial charge in [-0.05, 0) is 44.7 Å². The topological polar surface area (TPSA) is 24.1 Å². The van der Waals surface area contributed by atoms with E-state index in [9.17, 15) is 0 Å². The van der Waals surface area contributed by atoms with E-state index in [1.165, 1.54) is 38.8 Å². The Morgan fingerprint density at radius 1 is 1.14 bits per heavy atom. The van der Waals surface area contributed by atoms with Gasteiger partial charge in [0.1, 0.15) is 0 Å². The highest BCUT2D eigenvalue weighted by molar-refractivity contribution is 4.81. The molecule has 1 aliphatic carbocycles. The molecular formula is C12H26N2. The van der Waals surface area contributed by atoms with Crippen molar-refractivity contribution < 1.29 is 0 Å². The van der Waals surface area contributed by atoms with Crippen LogP contribution in [0.1, 0.15) is 46.5 Å².